The second-order valence-electron chi connectivity index (χ2n) is 4.48. The SMILES string of the molecule is CO.OC1(c2nccs2)CCC2(CC1)OCCO2. The van der Waals surface area contributed by atoms with Gasteiger partial charge in [0, 0.05) is 31.5 Å². The van der Waals surface area contributed by atoms with Crippen LogP contribution in [0.5, 0.6) is 0 Å². The molecular weight excluding hydrogens is 254 g/mol. The highest BCUT2D eigenvalue weighted by molar-refractivity contribution is 7.09. The normalized spacial score (nSPS) is 24.6. The minimum Gasteiger partial charge on any atom is -0.400 e. The molecule has 102 valence electrons. The zero-order valence-electron chi connectivity index (χ0n) is 10.5. The molecule has 0 bridgehead atoms. The molecule has 1 aromatic rings. The fourth-order valence-electron chi connectivity index (χ4n) is 2.50. The van der Waals surface area contributed by atoms with Gasteiger partial charge in [-0.15, -0.1) is 11.3 Å². The average molecular weight is 273 g/mol. The van der Waals surface area contributed by atoms with Crippen molar-refractivity contribution >= 4 is 11.3 Å². The molecule has 0 radical (unpaired) electrons. The topological polar surface area (TPSA) is 71.8 Å². The quantitative estimate of drug-likeness (QED) is 0.806. The number of aromatic nitrogens is 1. The summed E-state index contributed by atoms with van der Waals surface area (Å²) in [6.45, 7) is 1.35. The predicted molar refractivity (Wildman–Crippen MR) is 67.3 cm³/mol. The number of thiazole rings is 1. The van der Waals surface area contributed by atoms with Gasteiger partial charge in [0.1, 0.15) is 10.6 Å². The highest BCUT2D eigenvalue weighted by Gasteiger charge is 2.47. The van der Waals surface area contributed by atoms with Gasteiger partial charge in [0.05, 0.1) is 13.2 Å². The Hall–Kier alpha value is -0.530. The number of hydrogen-bond acceptors (Lipinski definition) is 6. The van der Waals surface area contributed by atoms with Crippen molar-refractivity contribution in [2.24, 2.45) is 0 Å². The molecule has 5 nitrogen and oxygen atoms in total. The van der Waals surface area contributed by atoms with Crippen LogP contribution in [0.4, 0.5) is 0 Å². The van der Waals surface area contributed by atoms with Crippen LogP contribution in [-0.4, -0.2) is 41.3 Å². The zero-order chi connectivity index (χ0) is 13.1. The Morgan fingerprint density at radius 3 is 2.28 bits per heavy atom. The fourth-order valence-corrected chi connectivity index (χ4v) is 3.29. The summed E-state index contributed by atoms with van der Waals surface area (Å²) in [7, 11) is 1.00. The van der Waals surface area contributed by atoms with Crippen molar-refractivity contribution in [3.05, 3.63) is 16.6 Å². The van der Waals surface area contributed by atoms with Crippen LogP contribution >= 0.6 is 11.3 Å². The van der Waals surface area contributed by atoms with E-state index < -0.39 is 11.4 Å². The lowest BCUT2D eigenvalue weighted by atomic mass is 9.82. The molecule has 6 heteroatoms. The number of ether oxygens (including phenoxy) is 2. The fraction of sp³-hybridized carbons (Fsp3) is 0.750. The second kappa shape index (κ2) is 5.63. The summed E-state index contributed by atoms with van der Waals surface area (Å²) in [5.74, 6) is -0.413. The van der Waals surface area contributed by atoms with Crippen molar-refractivity contribution in [3.63, 3.8) is 0 Å². The largest absolute Gasteiger partial charge is 0.400 e. The van der Waals surface area contributed by atoms with E-state index in [1.165, 1.54) is 11.3 Å². The molecule has 0 aromatic carbocycles. The van der Waals surface area contributed by atoms with E-state index in [0.29, 0.717) is 26.1 Å². The third-order valence-electron chi connectivity index (χ3n) is 3.48. The van der Waals surface area contributed by atoms with Crippen molar-refractivity contribution in [2.45, 2.75) is 37.1 Å². The maximum atomic E-state index is 10.5. The number of aliphatic hydroxyl groups is 2. The molecule has 1 spiro atoms. The number of hydrogen-bond donors (Lipinski definition) is 2. The van der Waals surface area contributed by atoms with Gasteiger partial charge in [0.25, 0.3) is 0 Å². The first kappa shape index (κ1) is 13.9. The first-order chi connectivity index (χ1) is 8.73. The van der Waals surface area contributed by atoms with E-state index in [-0.39, 0.29) is 0 Å². The Kier molecular flexibility index (Phi) is 4.34. The minimum atomic E-state index is -0.769. The van der Waals surface area contributed by atoms with Gasteiger partial charge < -0.3 is 19.7 Å². The maximum Gasteiger partial charge on any atom is 0.168 e. The molecule has 18 heavy (non-hydrogen) atoms. The lowest BCUT2D eigenvalue weighted by Gasteiger charge is -2.39. The molecule has 1 aliphatic heterocycles. The summed E-state index contributed by atoms with van der Waals surface area (Å²) in [5.41, 5.74) is -0.769. The number of nitrogens with zero attached hydrogens (tertiary/aromatic N) is 1. The highest BCUT2D eigenvalue weighted by Crippen LogP contribution is 2.45. The standard InChI is InChI=1S/C11H15NO3S.CH4O/c13-10(9-12-5-8-16-9)1-3-11(4-2-10)14-6-7-15-11;1-2/h5,8,13H,1-4,6-7H2;2H,1H3. The molecule has 1 saturated carbocycles. The van der Waals surface area contributed by atoms with Crippen molar-refractivity contribution in [1.29, 1.82) is 0 Å². The van der Waals surface area contributed by atoms with Crippen molar-refractivity contribution in [1.82, 2.24) is 4.98 Å². The van der Waals surface area contributed by atoms with Crippen LogP contribution in [0.25, 0.3) is 0 Å². The van der Waals surface area contributed by atoms with Gasteiger partial charge in [-0.05, 0) is 12.8 Å². The third kappa shape index (κ3) is 2.57. The average Bonchev–Trinajstić information content (AvgIpc) is 3.09. The van der Waals surface area contributed by atoms with Crippen LogP contribution in [0, 0.1) is 0 Å². The first-order valence-corrected chi connectivity index (χ1v) is 6.96. The molecule has 2 aliphatic rings. The van der Waals surface area contributed by atoms with Crippen LogP contribution in [0.1, 0.15) is 30.7 Å². The molecule has 0 atom stereocenters. The minimum absolute atomic E-state index is 0.413. The highest BCUT2D eigenvalue weighted by atomic mass is 32.1. The molecule has 2 N–H and O–H groups in total. The molecule has 1 saturated heterocycles. The summed E-state index contributed by atoms with van der Waals surface area (Å²) in [5, 5.41) is 20.2. The molecular formula is C12H19NO4S. The van der Waals surface area contributed by atoms with Crippen LogP contribution in [0.2, 0.25) is 0 Å². The first-order valence-electron chi connectivity index (χ1n) is 6.08. The van der Waals surface area contributed by atoms with E-state index in [1.807, 2.05) is 5.38 Å². The van der Waals surface area contributed by atoms with E-state index in [4.69, 9.17) is 14.6 Å². The zero-order valence-corrected chi connectivity index (χ0v) is 11.3. The Labute approximate surface area is 110 Å². The predicted octanol–water partition coefficient (Wildman–Crippen LogP) is 1.26. The summed E-state index contributed by atoms with van der Waals surface area (Å²) >= 11 is 1.52. The van der Waals surface area contributed by atoms with Gasteiger partial charge in [-0.25, -0.2) is 4.98 Å². The van der Waals surface area contributed by atoms with E-state index >= 15 is 0 Å². The van der Waals surface area contributed by atoms with E-state index in [1.54, 1.807) is 6.20 Å². The van der Waals surface area contributed by atoms with Gasteiger partial charge >= 0.3 is 0 Å². The van der Waals surface area contributed by atoms with E-state index in [9.17, 15) is 5.11 Å². The molecule has 1 aliphatic carbocycles. The number of rotatable bonds is 1. The Bertz CT molecular complexity index is 352. The van der Waals surface area contributed by atoms with Crippen molar-refractivity contribution in [3.8, 4) is 0 Å². The van der Waals surface area contributed by atoms with Gasteiger partial charge in [0.15, 0.2) is 5.79 Å². The van der Waals surface area contributed by atoms with Crippen molar-refractivity contribution in [2.75, 3.05) is 20.3 Å². The number of aliphatic hydroxyl groups excluding tert-OH is 1. The van der Waals surface area contributed by atoms with Crippen LogP contribution in [0.15, 0.2) is 11.6 Å². The molecule has 3 rings (SSSR count). The van der Waals surface area contributed by atoms with Gasteiger partial charge in [0.2, 0.25) is 0 Å². The maximum absolute atomic E-state index is 10.5. The summed E-state index contributed by atoms with van der Waals surface area (Å²) in [4.78, 5) is 4.21. The van der Waals surface area contributed by atoms with Gasteiger partial charge in [-0.1, -0.05) is 0 Å². The van der Waals surface area contributed by atoms with E-state index in [2.05, 4.69) is 4.98 Å². The Morgan fingerprint density at radius 1 is 1.17 bits per heavy atom. The summed E-state index contributed by atoms with van der Waals surface area (Å²) < 4.78 is 11.3. The molecule has 0 amide bonds. The molecule has 0 unspecified atom stereocenters. The summed E-state index contributed by atoms with van der Waals surface area (Å²) in [6, 6.07) is 0. The van der Waals surface area contributed by atoms with Crippen LogP contribution in [0.3, 0.4) is 0 Å². The van der Waals surface area contributed by atoms with Crippen LogP contribution in [-0.2, 0) is 15.1 Å². The Morgan fingerprint density at radius 2 is 1.78 bits per heavy atom. The third-order valence-corrected chi connectivity index (χ3v) is 4.45. The van der Waals surface area contributed by atoms with Crippen LogP contribution < -0.4 is 0 Å². The second-order valence-corrected chi connectivity index (χ2v) is 5.37. The summed E-state index contributed by atoms with van der Waals surface area (Å²) in [6.07, 6.45) is 4.58. The lowest BCUT2D eigenvalue weighted by Crippen LogP contribution is -2.42. The lowest BCUT2D eigenvalue weighted by molar-refractivity contribution is -0.204. The smallest absolute Gasteiger partial charge is 0.168 e. The monoisotopic (exact) mass is 273 g/mol. The van der Waals surface area contributed by atoms with Gasteiger partial charge in [-0.2, -0.15) is 0 Å². The molecule has 2 fully saturated rings. The Balaban J connectivity index is 0.000000574. The van der Waals surface area contributed by atoms with Gasteiger partial charge in [-0.3, -0.25) is 0 Å². The van der Waals surface area contributed by atoms with Crippen molar-refractivity contribution < 1.29 is 19.7 Å². The molecule has 1 aromatic heterocycles. The molecule has 2 heterocycles. The van der Waals surface area contributed by atoms with E-state index in [0.717, 1.165) is 25.0 Å².